The van der Waals surface area contributed by atoms with E-state index in [0.29, 0.717) is 6.54 Å². The van der Waals surface area contributed by atoms with Crippen LogP contribution in [0.2, 0.25) is 0 Å². The van der Waals surface area contributed by atoms with Crippen molar-refractivity contribution in [2.75, 3.05) is 19.7 Å². The molecular formula is C21H33IN6O. The third kappa shape index (κ3) is 7.26. The third-order valence-electron chi connectivity index (χ3n) is 5.07. The minimum atomic E-state index is 0. The van der Waals surface area contributed by atoms with Gasteiger partial charge in [-0.15, -0.1) is 34.2 Å². The van der Waals surface area contributed by atoms with Crippen LogP contribution in [0.25, 0.3) is 0 Å². The molecule has 0 saturated carbocycles. The summed E-state index contributed by atoms with van der Waals surface area (Å²) in [6, 6.07) is 6.69. The second-order valence-electron chi connectivity index (χ2n) is 7.58. The van der Waals surface area contributed by atoms with E-state index >= 15 is 0 Å². The van der Waals surface area contributed by atoms with E-state index in [4.69, 9.17) is 9.73 Å². The summed E-state index contributed by atoms with van der Waals surface area (Å²) in [7, 11) is 1.97. The largest absolute Gasteiger partial charge is 0.376 e. The maximum absolute atomic E-state index is 5.72. The van der Waals surface area contributed by atoms with Crippen molar-refractivity contribution in [3.05, 3.63) is 46.5 Å². The van der Waals surface area contributed by atoms with Crippen molar-refractivity contribution in [1.29, 1.82) is 0 Å². The van der Waals surface area contributed by atoms with Gasteiger partial charge in [-0.05, 0) is 45.6 Å². The van der Waals surface area contributed by atoms with Gasteiger partial charge >= 0.3 is 0 Å². The zero-order chi connectivity index (χ0) is 19.9. The summed E-state index contributed by atoms with van der Waals surface area (Å²) in [5.41, 5.74) is 3.95. The molecule has 0 radical (unpaired) electrons. The predicted molar refractivity (Wildman–Crippen MR) is 127 cm³/mol. The number of nitrogens with zero attached hydrogens (tertiary/aromatic N) is 4. The van der Waals surface area contributed by atoms with Crippen molar-refractivity contribution in [3.63, 3.8) is 0 Å². The highest BCUT2D eigenvalue weighted by Crippen LogP contribution is 2.11. The molecule has 1 aromatic carbocycles. The summed E-state index contributed by atoms with van der Waals surface area (Å²) in [5, 5.41) is 15.2. The van der Waals surface area contributed by atoms with E-state index in [0.717, 1.165) is 56.6 Å². The minimum absolute atomic E-state index is 0. The highest BCUT2D eigenvalue weighted by molar-refractivity contribution is 14.0. The molecule has 1 atom stereocenters. The normalized spacial score (nSPS) is 16.6. The first-order valence-corrected chi connectivity index (χ1v) is 10.1. The first-order valence-electron chi connectivity index (χ1n) is 10.1. The SMILES string of the molecule is Cc1cc(C)cc(CCNC(=NCc2nnc(C)n2C)NCC2CCCO2)c1.I. The zero-order valence-corrected chi connectivity index (χ0v) is 20.2. The molecule has 3 rings (SSSR count). The first-order chi connectivity index (χ1) is 13.5. The number of ether oxygens (including phenoxy) is 1. The number of hydrogen-bond donors (Lipinski definition) is 2. The van der Waals surface area contributed by atoms with Crippen LogP contribution in [-0.4, -0.2) is 46.5 Å². The van der Waals surface area contributed by atoms with Crippen LogP contribution in [0.1, 0.15) is 41.2 Å². The van der Waals surface area contributed by atoms with Gasteiger partial charge in [0.25, 0.3) is 0 Å². The summed E-state index contributed by atoms with van der Waals surface area (Å²) in [6.07, 6.45) is 3.46. The van der Waals surface area contributed by atoms with Crippen LogP contribution in [-0.2, 0) is 24.8 Å². The van der Waals surface area contributed by atoms with Crippen molar-refractivity contribution < 1.29 is 4.74 Å². The standard InChI is InChI=1S/C21H32N6O.HI/c1-15-10-16(2)12-18(11-15)7-8-22-21(23-13-19-6-5-9-28-19)24-14-20-26-25-17(3)27(20)4;/h10-12,19H,5-9,13-14H2,1-4H3,(H2,22,23,24);1H. The highest BCUT2D eigenvalue weighted by Gasteiger charge is 2.15. The molecule has 1 saturated heterocycles. The molecule has 160 valence electrons. The van der Waals surface area contributed by atoms with Crippen LogP contribution in [0.5, 0.6) is 0 Å². The molecule has 2 N–H and O–H groups in total. The molecule has 0 aliphatic carbocycles. The van der Waals surface area contributed by atoms with Crippen LogP contribution in [0, 0.1) is 20.8 Å². The van der Waals surface area contributed by atoms with Gasteiger partial charge in [-0.3, -0.25) is 0 Å². The molecule has 29 heavy (non-hydrogen) atoms. The topological polar surface area (TPSA) is 76.4 Å². The van der Waals surface area contributed by atoms with Gasteiger partial charge in [0.2, 0.25) is 0 Å². The average molecular weight is 512 g/mol. The van der Waals surface area contributed by atoms with Crippen LogP contribution in [0.3, 0.4) is 0 Å². The summed E-state index contributed by atoms with van der Waals surface area (Å²) < 4.78 is 7.69. The highest BCUT2D eigenvalue weighted by atomic mass is 127. The van der Waals surface area contributed by atoms with Crippen molar-refractivity contribution >= 4 is 29.9 Å². The van der Waals surface area contributed by atoms with E-state index in [1.54, 1.807) is 0 Å². The van der Waals surface area contributed by atoms with Crippen LogP contribution in [0.15, 0.2) is 23.2 Å². The maximum Gasteiger partial charge on any atom is 0.191 e. The molecule has 2 heterocycles. The van der Waals surface area contributed by atoms with Gasteiger partial charge in [-0.2, -0.15) is 0 Å². The Kier molecular flexibility index (Phi) is 9.35. The Labute approximate surface area is 190 Å². The molecule has 7 nitrogen and oxygen atoms in total. The van der Waals surface area contributed by atoms with Gasteiger partial charge in [0, 0.05) is 26.7 Å². The molecule has 8 heteroatoms. The molecule has 1 aliphatic heterocycles. The number of nitrogens with one attached hydrogen (secondary N) is 2. The molecule has 0 bridgehead atoms. The Hall–Kier alpha value is -1.68. The second-order valence-corrected chi connectivity index (χ2v) is 7.58. The van der Waals surface area contributed by atoms with E-state index in [1.165, 1.54) is 16.7 Å². The first kappa shape index (κ1) is 23.6. The number of benzene rings is 1. The predicted octanol–water partition coefficient (Wildman–Crippen LogP) is 2.82. The summed E-state index contributed by atoms with van der Waals surface area (Å²) >= 11 is 0. The molecule has 2 aromatic rings. The number of aliphatic imine (C=N–C) groups is 1. The lowest BCUT2D eigenvalue weighted by atomic mass is 10.1. The number of aromatic nitrogens is 3. The lowest BCUT2D eigenvalue weighted by Crippen LogP contribution is -2.42. The summed E-state index contributed by atoms with van der Waals surface area (Å²) in [5.74, 6) is 2.53. The smallest absolute Gasteiger partial charge is 0.191 e. The van der Waals surface area contributed by atoms with Crippen molar-refractivity contribution in [2.45, 2.75) is 52.7 Å². The number of aryl methyl sites for hydroxylation is 3. The molecule has 1 aliphatic rings. The Balaban J connectivity index is 0.00000300. The fraction of sp³-hybridized carbons (Fsp3) is 0.571. The maximum atomic E-state index is 5.72. The molecule has 0 amide bonds. The monoisotopic (exact) mass is 512 g/mol. The van der Waals surface area contributed by atoms with E-state index < -0.39 is 0 Å². The van der Waals surface area contributed by atoms with Gasteiger partial charge < -0.3 is 19.9 Å². The second kappa shape index (κ2) is 11.5. The van der Waals surface area contributed by atoms with Gasteiger partial charge in [-0.1, -0.05) is 29.3 Å². The number of guanidine groups is 1. The number of halogens is 1. The van der Waals surface area contributed by atoms with Crippen molar-refractivity contribution in [2.24, 2.45) is 12.0 Å². The quantitative estimate of drug-likeness (QED) is 0.339. The van der Waals surface area contributed by atoms with E-state index in [2.05, 4.69) is 52.9 Å². The lowest BCUT2D eigenvalue weighted by molar-refractivity contribution is 0.114. The van der Waals surface area contributed by atoms with Crippen molar-refractivity contribution in [1.82, 2.24) is 25.4 Å². The molecule has 1 unspecified atom stereocenters. The summed E-state index contributed by atoms with van der Waals surface area (Å²) in [6.45, 7) is 9.16. The van der Waals surface area contributed by atoms with E-state index in [-0.39, 0.29) is 30.1 Å². The van der Waals surface area contributed by atoms with Gasteiger partial charge in [0.1, 0.15) is 12.4 Å². The average Bonchev–Trinajstić information content (AvgIpc) is 3.27. The zero-order valence-electron chi connectivity index (χ0n) is 17.9. The third-order valence-corrected chi connectivity index (χ3v) is 5.07. The Morgan fingerprint density at radius 1 is 1.17 bits per heavy atom. The van der Waals surface area contributed by atoms with Gasteiger partial charge in [0.15, 0.2) is 11.8 Å². The van der Waals surface area contributed by atoms with Gasteiger partial charge in [-0.25, -0.2) is 4.99 Å². The Morgan fingerprint density at radius 3 is 2.55 bits per heavy atom. The fourth-order valence-corrected chi connectivity index (χ4v) is 3.47. The fourth-order valence-electron chi connectivity index (χ4n) is 3.47. The number of hydrogen-bond acceptors (Lipinski definition) is 4. The molecule has 1 aromatic heterocycles. The van der Waals surface area contributed by atoms with E-state index in [9.17, 15) is 0 Å². The van der Waals surface area contributed by atoms with Crippen LogP contribution < -0.4 is 10.6 Å². The van der Waals surface area contributed by atoms with Crippen LogP contribution >= 0.6 is 24.0 Å². The lowest BCUT2D eigenvalue weighted by Gasteiger charge is -2.16. The summed E-state index contributed by atoms with van der Waals surface area (Å²) in [4.78, 5) is 4.71. The Bertz CT molecular complexity index is 793. The molecule has 0 spiro atoms. The van der Waals surface area contributed by atoms with Gasteiger partial charge in [0.05, 0.1) is 6.10 Å². The van der Waals surface area contributed by atoms with Crippen LogP contribution in [0.4, 0.5) is 0 Å². The molecule has 1 fully saturated rings. The number of rotatable bonds is 7. The Morgan fingerprint density at radius 2 is 1.93 bits per heavy atom. The van der Waals surface area contributed by atoms with Crippen molar-refractivity contribution in [3.8, 4) is 0 Å². The van der Waals surface area contributed by atoms with E-state index in [1.807, 2.05) is 18.5 Å². The molecular weight excluding hydrogens is 479 g/mol. The minimum Gasteiger partial charge on any atom is -0.376 e.